The summed E-state index contributed by atoms with van der Waals surface area (Å²) in [6.07, 6.45) is -1.11. The van der Waals surface area contributed by atoms with Gasteiger partial charge in [-0.15, -0.1) is 0 Å². The largest absolute Gasteiger partial charge is 0.449 e. The molecule has 0 radical (unpaired) electrons. The zero-order valence-corrected chi connectivity index (χ0v) is 15.1. The van der Waals surface area contributed by atoms with E-state index in [1.807, 2.05) is 6.07 Å². The van der Waals surface area contributed by atoms with Crippen LogP contribution in [0.4, 0.5) is 5.69 Å². The van der Waals surface area contributed by atoms with Gasteiger partial charge in [0.25, 0.3) is 5.91 Å². The molecule has 1 amide bonds. The second-order valence-electron chi connectivity index (χ2n) is 4.97. The Kier molecular flexibility index (Phi) is 6.27. The first-order valence-corrected chi connectivity index (χ1v) is 8.11. The molecule has 0 aromatic heterocycles. The lowest BCUT2D eigenvalue weighted by atomic mass is 10.1. The highest BCUT2D eigenvalue weighted by Crippen LogP contribution is 2.33. The maximum Gasteiger partial charge on any atom is 0.338 e. The fourth-order valence-electron chi connectivity index (χ4n) is 1.88. The lowest BCUT2D eigenvalue weighted by Crippen LogP contribution is -2.30. The van der Waals surface area contributed by atoms with Crippen molar-refractivity contribution in [2.45, 2.75) is 13.0 Å². The smallest absolute Gasteiger partial charge is 0.338 e. The maximum atomic E-state index is 12.2. The van der Waals surface area contributed by atoms with Gasteiger partial charge in [0, 0.05) is 5.02 Å². The number of nitriles is 1. The van der Waals surface area contributed by atoms with E-state index in [1.165, 1.54) is 31.2 Å². The Morgan fingerprint density at radius 1 is 1.16 bits per heavy atom. The molecule has 128 valence electrons. The lowest BCUT2D eigenvalue weighted by Gasteiger charge is -2.15. The number of ether oxygens (including phenoxy) is 1. The number of hydrogen-bond acceptors (Lipinski definition) is 4. The van der Waals surface area contributed by atoms with E-state index in [1.54, 1.807) is 12.1 Å². The van der Waals surface area contributed by atoms with E-state index in [0.717, 1.165) is 0 Å². The molecule has 5 nitrogen and oxygen atoms in total. The minimum Gasteiger partial charge on any atom is -0.449 e. The van der Waals surface area contributed by atoms with E-state index in [9.17, 15) is 9.59 Å². The maximum absolute atomic E-state index is 12.2. The van der Waals surface area contributed by atoms with Crippen molar-refractivity contribution >= 4 is 52.4 Å². The Bertz CT molecular complexity index is 855. The Morgan fingerprint density at radius 3 is 2.40 bits per heavy atom. The average molecular weight is 398 g/mol. The van der Waals surface area contributed by atoms with Crippen LogP contribution in [0.25, 0.3) is 0 Å². The summed E-state index contributed by atoms with van der Waals surface area (Å²) in [5, 5.41) is 12.0. The molecule has 25 heavy (non-hydrogen) atoms. The van der Waals surface area contributed by atoms with Gasteiger partial charge in [0.2, 0.25) is 0 Å². The van der Waals surface area contributed by atoms with Crippen molar-refractivity contribution in [2.24, 2.45) is 0 Å². The summed E-state index contributed by atoms with van der Waals surface area (Å²) in [6.45, 7) is 1.40. The quantitative estimate of drug-likeness (QED) is 0.758. The van der Waals surface area contributed by atoms with Gasteiger partial charge in [-0.05, 0) is 37.3 Å². The first-order chi connectivity index (χ1) is 11.8. The first kappa shape index (κ1) is 19.1. The summed E-state index contributed by atoms with van der Waals surface area (Å²) >= 11 is 17.8. The van der Waals surface area contributed by atoms with Gasteiger partial charge in [-0.25, -0.2) is 4.79 Å². The van der Waals surface area contributed by atoms with Gasteiger partial charge < -0.3 is 10.1 Å². The second kappa shape index (κ2) is 8.21. The Morgan fingerprint density at radius 2 is 1.80 bits per heavy atom. The van der Waals surface area contributed by atoms with Crippen molar-refractivity contribution in [3.8, 4) is 6.07 Å². The van der Waals surface area contributed by atoms with Crippen molar-refractivity contribution < 1.29 is 14.3 Å². The van der Waals surface area contributed by atoms with Crippen molar-refractivity contribution in [3.63, 3.8) is 0 Å². The van der Waals surface area contributed by atoms with Crippen molar-refractivity contribution in [3.05, 3.63) is 62.6 Å². The monoisotopic (exact) mass is 396 g/mol. The first-order valence-electron chi connectivity index (χ1n) is 6.98. The van der Waals surface area contributed by atoms with Crippen molar-refractivity contribution in [1.29, 1.82) is 5.26 Å². The molecule has 0 fully saturated rings. The summed E-state index contributed by atoms with van der Waals surface area (Å²) in [6, 6.07) is 10.7. The molecule has 2 rings (SSSR count). The van der Waals surface area contributed by atoms with Crippen LogP contribution in [0.1, 0.15) is 22.8 Å². The van der Waals surface area contributed by atoms with Crippen LogP contribution < -0.4 is 5.32 Å². The molecule has 2 aromatic carbocycles. The summed E-state index contributed by atoms with van der Waals surface area (Å²) in [5.74, 6) is -1.34. The predicted octanol–water partition coefficient (Wildman–Crippen LogP) is 4.70. The van der Waals surface area contributed by atoms with Gasteiger partial charge >= 0.3 is 5.97 Å². The molecule has 0 saturated heterocycles. The Hall–Kier alpha value is -2.26. The zero-order valence-electron chi connectivity index (χ0n) is 12.8. The molecule has 0 saturated carbocycles. The molecule has 1 atom stereocenters. The Balaban J connectivity index is 2.08. The summed E-state index contributed by atoms with van der Waals surface area (Å²) in [4.78, 5) is 24.3. The number of hydrogen-bond donors (Lipinski definition) is 1. The van der Waals surface area contributed by atoms with Gasteiger partial charge in [-0.1, -0.05) is 40.9 Å². The van der Waals surface area contributed by atoms with Crippen LogP contribution in [-0.4, -0.2) is 18.0 Å². The Labute approximate surface area is 159 Å². The van der Waals surface area contributed by atoms with E-state index in [-0.39, 0.29) is 21.3 Å². The lowest BCUT2D eigenvalue weighted by molar-refractivity contribution is -0.123. The van der Waals surface area contributed by atoms with E-state index in [0.29, 0.717) is 10.6 Å². The van der Waals surface area contributed by atoms with E-state index in [4.69, 9.17) is 44.8 Å². The minimum absolute atomic E-state index is 0.158. The number of esters is 1. The summed E-state index contributed by atoms with van der Waals surface area (Å²) in [5.41, 5.74) is 0.652. The van der Waals surface area contributed by atoms with Crippen LogP contribution in [0.3, 0.4) is 0 Å². The van der Waals surface area contributed by atoms with Crippen LogP contribution in [0.5, 0.6) is 0 Å². The van der Waals surface area contributed by atoms with Gasteiger partial charge in [0.1, 0.15) is 0 Å². The molecule has 0 aliphatic rings. The number of nitrogens with one attached hydrogen (secondary N) is 1. The van der Waals surface area contributed by atoms with Gasteiger partial charge in [-0.2, -0.15) is 5.26 Å². The SMILES string of the molecule is C[C@@H](OC(=O)c1cccc(C#N)c1)C(=O)Nc1c(Cl)cc(Cl)cc1Cl. The van der Waals surface area contributed by atoms with Crippen molar-refractivity contribution in [2.75, 3.05) is 5.32 Å². The average Bonchev–Trinajstić information content (AvgIpc) is 2.57. The highest BCUT2D eigenvalue weighted by Gasteiger charge is 2.21. The highest BCUT2D eigenvalue weighted by molar-refractivity contribution is 6.42. The van der Waals surface area contributed by atoms with E-state index >= 15 is 0 Å². The fourth-order valence-corrected chi connectivity index (χ4v) is 2.80. The van der Waals surface area contributed by atoms with Crippen LogP contribution in [0.15, 0.2) is 36.4 Å². The topological polar surface area (TPSA) is 79.2 Å². The van der Waals surface area contributed by atoms with E-state index in [2.05, 4.69) is 5.32 Å². The van der Waals surface area contributed by atoms with Gasteiger partial charge in [0.15, 0.2) is 6.10 Å². The number of anilines is 1. The molecule has 0 unspecified atom stereocenters. The number of carbonyl (C=O) groups excluding carboxylic acids is 2. The number of nitrogens with zero attached hydrogens (tertiary/aromatic N) is 1. The zero-order chi connectivity index (χ0) is 18.6. The molecule has 0 spiro atoms. The van der Waals surface area contributed by atoms with Crippen LogP contribution in [-0.2, 0) is 9.53 Å². The second-order valence-corrected chi connectivity index (χ2v) is 6.22. The number of halogens is 3. The van der Waals surface area contributed by atoms with Crippen molar-refractivity contribution in [1.82, 2.24) is 0 Å². The highest BCUT2D eigenvalue weighted by atomic mass is 35.5. The molecule has 1 N–H and O–H groups in total. The standard InChI is InChI=1S/C17H11Cl3N2O3/c1-9(25-17(24)11-4-2-3-10(5-11)8-21)16(23)22-15-13(19)6-12(18)7-14(15)20/h2-7,9H,1H3,(H,22,23)/t9-/m1/s1. The molecule has 8 heteroatoms. The normalized spacial score (nSPS) is 11.3. The third-order valence-electron chi connectivity index (χ3n) is 3.14. The number of amides is 1. The van der Waals surface area contributed by atoms with Gasteiger partial charge in [0.05, 0.1) is 32.9 Å². The van der Waals surface area contributed by atoms with Gasteiger partial charge in [-0.3, -0.25) is 4.79 Å². The molecule has 0 aliphatic carbocycles. The van der Waals surface area contributed by atoms with Crippen LogP contribution >= 0.6 is 34.8 Å². The minimum atomic E-state index is -1.11. The third-order valence-corrected chi connectivity index (χ3v) is 3.95. The molecular formula is C17H11Cl3N2O3. The molecular weight excluding hydrogens is 387 g/mol. The number of benzene rings is 2. The molecule has 0 bridgehead atoms. The molecule has 2 aromatic rings. The summed E-state index contributed by atoms with van der Waals surface area (Å²) in [7, 11) is 0. The van der Waals surface area contributed by atoms with Crippen LogP contribution in [0, 0.1) is 11.3 Å². The summed E-state index contributed by atoms with van der Waals surface area (Å²) < 4.78 is 5.10. The third kappa shape index (κ3) is 4.86. The van der Waals surface area contributed by atoms with E-state index < -0.39 is 18.0 Å². The predicted molar refractivity (Wildman–Crippen MR) is 96.1 cm³/mol. The van der Waals surface area contributed by atoms with Crippen LogP contribution in [0.2, 0.25) is 15.1 Å². The number of rotatable bonds is 4. The number of carbonyl (C=O) groups is 2. The molecule has 0 aliphatic heterocycles. The molecule has 0 heterocycles. The fraction of sp³-hybridized carbons (Fsp3) is 0.118.